The molecule has 0 aliphatic carbocycles. The van der Waals surface area contributed by atoms with E-state index < -0.39 is 24.5 Å². The lowest BCUT2D eigenvalue weighted by Gasteiger charge is -2.16. The molecule has 0 aromatic carbocycles. The number of hydrogen-bond donors (Lipinski definition) is 4. The van der Waals surface area contributed by atoms with E-state index in [1.165, 1.54) is 17.2 Å². The lowest BCUT2D eigenvalue weighted by molar-refractivity contribution is -0.0214. The highest BCUT2D eigenvalue weighted by molar-refractivity contribution is 5.81. The van der Waals surface area contributed by atoms with Crippen molar-refractivity contribution in [3.63, 3.8) is 0 Å². The van der Waals surface area contributed by atoms with Crippen LogP contribution in [0.1, 0.15) is 6.23 Å². The smallest absolute Gasteiger partial charge is 0.167 e. The minimum Gasteiger partial charge on any atom is -0.411 e. The standard InChI is InChI=1S/C10H12N6O4/c11-8-5-9(13-2-12-8)16(3-14-5)10-7(18)6(17)4(20-10)1-15-19/h1-4,6-7,10,17-19H,(H2,11,12,13)/b15-1-/t4-,6-,7+,10-/m1/s1. The van der Waals surface area contributed by atoms with Crippen molar-refractivity contribution in [1.29, 1.82) is 0 Å². The van der Waals surface area contributed by atoms with Crippen molar-refractivity contribution in [2.45, 2.75) is 24.5 Å². The Labute approximate surface area is 112 Å². The van der Waals surface area contributed by atoms with Gasteiger partial charge < -0.3 is 25.9 Å². The molecule has 1 aliphatic heterocycles. The van der Waals surface area contributed by atoms with Gasteiger partial charge in [0.1, 0.15) is 30.2 Å². The fraction of sp³-hybridized carbons (Fsp3) is 0.400. The first-order chi connectivity index (χ1) is 9.63. The number of rotatable bonds is 2. The number of nitrogens with two attached hydrogens (primary N) is 1. The quantitative estimate of drug-likeness (QED) is 0.294. The van der Waals surface area contributed by atoms with E-state index >= 15 is 0 Å². The SMILES string of the molecule is Nc1ncnc2c1ncn2[C@@H]1O[C@H](/C=N\O)[C@@H](O)[C@@H]1O. The number of imidazole rings is 1. The lowest BCUT2D eigenvalue weighted by atomic mass is 10.1. The van der Waals surface area contributed by atoms with Gasteiger partial charge in [0.25, 0.3) is 0 Å². The minimum atomic E-state index is -1.23. The summed E-state index contributed by atoms with van der Waals surface area (Å²) in [6, 6.07) is 0. The third-order valence-electron chi connectivity index (χ3n) is 3.15. The van der Waals surface area contributed by atoms with Gasteiger partial charge in [0, 0.05) is 0 Å². The van der Waals surface area contributed by atoms with Gasteiger partial charge in [-0.15, -0.1) is 0 Å². The van der Waals surface area contributed by atoms with E-state index in [4.69, 9.17) is 15.7 Å². The monoisotopic (exact) mass is 280 g/mol. The number of oxime groups is 1. The van der Waals surface area contributed by atoms with Crippen molar-refractivity contribution in [1.82, 2.24) is 19.5 Å². The average Bonchev–Trinajstić information content (AvgIpc) is 2.97. The Morgan fingerprint density at radius 3 is 2.85 bits per heavy atom. The first-order valence-electron chi connectivity index (χ1n) is 5.75. The molecule has 2 aromatic rings. The fourth-order valence-electron chi connectivity index (χ4n) is 2.16. The number of anilines is 1. The molecule has 3 heterocycles. The number of hydrogen-bond acceptors (Lipinski definition) is 9. The van der Waals surface area contributed by atoms with Crippen molar-refractivity contribution in [3.8, 4) is 0 Å². The van der Waals surface area contributed by atoms with Crippen LogP contribution >= 0.6 is 0 Å². The number of nitrogens with zero attached hydrogens (tertiary/aromatic N) is 5. The van der Waals surface area contributed by atoms with Crippen LogP contribution < -0.4 is 5.73 Å². The van der Waals surface area contributed by atoms with E-state index in [9.17, 15) is 10.2 Å². The summed E-state index contributed by atoms with van der Waals surface area (Å²) >= 11 is 0. The molecule has 0 bridgehead atoms. The largest absolute Gasteiger partial charge is 0.411 e. The molecule has 3 rings (SSSR count). The van der Waals surface area contributed by atoms with Crippen LogP contribution in [0.4, 0.5) is 5.82 Å². The summed E-state index contributed by atoms with van der Waals surface area (Å²) in [7, 11) is 0. The van der Waals surface area contributed by atoms with Gasteiger partial charge >= 0.3 is 0 Å². The second-order valence-corrected chi connectivity index (χ2v) is 4.32. The van der Waals surface area contributed by atoms with E-state index in [-0.39, 0.29) is 5.82 Å². The molecule has 0 spiro atoms. The van der Waals surface area contributed by atoms with Crippen molar-refractivity contribution in [3.05, 3.63) is 12.7 Å². The molecule has 0 saturated carbocycles. The van der Waals surface area contributed by atoms with Gasteiger partial charge in [-0.25, -0.2) is 15.0 Å². The first kappa shape index (κ1) is 12.7. The van der Waals surface area contributed by atoms with Crippen LogP contribution in [0.2, 0.25) is 0 Å². The highest BCUT2D eigenvalue weighted by Crippen LogP contribution is 2.31. The summed E-state index contributed by atoms with van der Waals surface area (Å²) in [4.78, 5) is 11.9. The Morgan fingerprint density at radius 2 is 2.10 bits per heavy atom. The van der Waals surface area contributed by atoms with E-state index in [2.05, 4.69) is 20.1 Å². The maximum Gasteiger partial charge on any atom is 0.167 e. The van der Waals surface area contributed by atoms with Crippen molar-refractivity contribution in [2.75, 3.05) is 5.73 Å². The number of ether oxygens (including phenoxy) is 1. The minimum absolute atomic E-state index is 0.204. The van der Waals surface area contributed by atoms with E-state index in [0.29, 0.717) is 11.2 Å². The van der Waals surface area contributed by atoms with Gasteiger partial charge in [-0.2, -0.15) is 0 Å². The van der Waals surface area contributed by atoms with Gasteiger partial charge in [-0.05, 0) is 0 Å². The topological polar surface area (TPSA) is 152 Å². The van der Waals surface area contributed by atoms with Crippen LogP contribution in [-0.4, -0.2) is 59.5 Å². The first-order valence-corrected chi connectivity index (χ1v) is 5.75. The van der Waals surface area contributed by atoms with Crippen molar-refractivity contribution in [2.24, 2.45) is 5.16 Å². The molecule has 0 amide bonds. The van der Waals surface area contributed by atoms with Gasteiger partial charge in [0.15, 0.2) is 17.7 Å². The average molecular weight is 280 g/mol. The molecule has 0 unspecified atom stereocenters. The molecule has 20 heavy (non-hydrogen) atoms. The Hall–Kier alpha value is -2.30. The highest BCUT2D eigenvalue weighted by Gasteiger charge is 2.43. The molecule has 10 nitrogen and oxygen atoms in total. The van der Waals surface area contributed by atoms with Crippen LogP contribution in [0.3, 0.4) is 0 Å². The zero-order chi connectivity index (χ0) is 14.3. The Morgan fingerprint density at radius 1 is 1.30 bits per heavy atom. The second-order valence-electron chi connectivity index (χ2n) is 4.32. The Balaban J connectivity index is 2.02. The normalized spacial score (nSPS) is 30.5. The molecular weight excluding hydrogens is 268 g/mol. The predicted molar refractivity (Wildman–Crippen MR) is 65.9 cm³/mol. The Kier molecular flexibility index (Phi) is 2.97. The molecular formula is C10H12N6O4. The van der Waals surface area contributed by atoms with E-state index in [1.807, 2.05) is 0 Å². The highest BCUT2D eigenvalue weighted by atomic mass is 16.6. The molecule has 5 N–H and O–H groups in total. The van der Waals surface area contributed by atoms with Crippen molar-refractivity contribution < 1.29 is 20.2 Å². The van der Waals surface area contributed by atoms with Crippen LogP contribution in [0.5, 0.6) is 0 Å². The molecule has 1 fully saturated rings. The third kappa shape index (κ3) is 1.78. The molecule has 2 aromatic heterocycles. The third-order valence-corrected chi connectivity index (χ3v) is 3.15. The number of fused-ring (bicyclic) bond motifs is 1. The second kappa shape index (κ2) is 4.67. The summed E-state index contributed by atoms with van der Waals surface area (Å²) in [6.07, 6.45) is -0.672. The van der Waals surface area contributed by atoms with Crippen LogP contribution in [0.25, 0.3) is 11.2 Å². The molecule has 106 valence electrons. The van der Waals surface area contributed by atoms with Crippen LogP contribution in [-0.2, 0) is 4.74 Å². The number of nitrogen functional groups attached to an aromatic ring is 1. The summed E-state index contributed by atoms with van der Waals surface area (Å²) in [5.41, 5.74) is 6.41. The summed E-state index contributed by atoms with van der Waals surface area (Å²) in [6.45, 7) is 0. The Bertz CT molecular complexity index is 658. The fourth-order valence-corrected chi connectivity index (χ4v) is 2.16. The van der Waals surface area contributed by atoms with E-state index in [0.717, 1.165) is 6.21 Å². The van der Waals surface area contributed by atoms with Crippen molar-refractivity contribution >= 4 is 23.2 Å². The zero-order valence-electron chi connectivity index (χ0n) is 10.1. The maximum atomic E-state index is 10.0. The molecule has 0 radical (unpaired) electrons. The van der Waals surface area contributed by atoms with Gasteiger partial charge in [0.05, 0.1) is 12.5 Å². The predicted octanol–water partition coefficient (Wildman–Crippen LogP) is -1.51. The van der Waals surface area contributed by atoms with Crippen LogP contribution in [0, 0.1) is 0 Å². The summed E-state index contributed by atoms with van der Waals surface area (Å²) in [5.74, 6) is 0.204. The van der Waals surface area contributed by atoms with Crippen LogP contribution in [0.15, 0.2) is 17.8 Å². The molecule has 10 heteroatoms. The lowest BCUT2D eigenvalue weighted by Crippen LogP contribution is -2.32. The van der Waals surface area contributed by atoms with Gasteiger partial charge in [0.2, 0.25) is 0 Å². The summed E-state index contributed by atoms with van der Waals surface area (Å²) in [5, 5.41) is 31.1. The number of aromatic nitrogens is 4. The van der Waals surface area contributed by atoms with E-state index in [1.54, 1.807) is 0 Å². The van der Waals surface area contributed by atoms with Gasteiger partial charge in [-0.1, -0.05) is 5.16 Å². The molecule has 1 aliphatic rings. The summed E-state index contributed by atoms with van der Waals surface area (Å²) < 4.78 is 6.87. The molecule has 4 atom stereocenters. The molecule has 1 saturated heterocycles. The number of aliphatic hydroxyl groups is 2. The number of aliphatic hydroxyl groups excluding tert-OH is 2. The zero-order valence-corrected chi connectivity index (χ0v) is 10.1. The maximum absolute atomic E-state index is 10.0. The van der Waals surface area contributed by atoms with Gasteiger partial charge in [-0.3, -0.25) is 4.57 Å².